The Hall–Kier alpha value is -1.03. The van der Waals surface area contributed by atoms with E-state index in [9.17, 15) is 4.79 Å². The van der Waals surface area contributed by atoms with Gasteiger partial charge in [0.25, 0.3) is 0 Å². The maximum atomic E-state index is 11.4. The Kier molecular flexibility index (Phi) is 6.11. The molecule has 0 aliphatic rings. The molecule has 0 spiro atoms. The lowest BCUT2D eigenvalue weighted by Crippen LogP contribution is -2.42. The smallest absolute Gasteiger partial charge is 0.407 e. The third-order valence-corrected chi connectivity index (χ3v) is 1.64. The van der Waals surface area contributed by atoms with Crippen molar-refractivity contribution in [3.8, 4) is 0 Å². The predicted molar refractivity (Wildman–Crippen MR) is 66.5 cm³/mol. The summed E-state index contributed by atoms with van der Waals surface area (Å²) in [5, 5.41) is 5.94. The van der Waals surface area contributed by atoms with Gasteiger partial charge in [-0.25, -0.2) is 4.79 Å². The molecule has 0 radical (unpaired) electrons. The van der Waals surface area contributed by atoms with Gasteiger partial charge in [-0.2, -0.15) is 0 Å². The summed E-state index contributed by atoms with van der Waals surface area (Å²) >= 11 is 0. The predicted octanol–water partition coefficient (Wildman–Crippen LogP) is 2.07. The molecule has 0 bridgehead atoms. The van der Waals surface area contributed by atoms with Gasteiger partial charge in [0.15, 0.2) is 0 Å². The van der Waals surface area contributed by atoms with Gasteiger partial charge in [-0.1, -0.05) is 12.2 Å². The normalized spacial score (nSPS) is 13.1. The summed E-state index contributed by atoms with van der Waals surface area (Å²) < 4.78 is 5.14. The molecule has 0 fully saturated rings. The van der Waals surface area contributed by atoms with E-state index >= 15 is 0 Å². The number of hydrogen-bond acceptors (Lipinski definition) is 3. The summed E-state index contributed by atoms with van der Waals surface area (Å²) in [5.74, 6) is 0. The first-order valence-corrected chi connectivity index (χ1v) is 5.55. The highest BCUT2D eigenvalue weighted by molar-refractivity contribution is 5.68. The van der Waals surface area contributed by atoms with Crippen molar-refractivity contribution in [1.82, 2.24) is 10.6 Å². The second-order valence-corrected chi connectivity index (χ2v) is 5.14. The van der Waals surface area contributed by atoms with Gasteiger partial charge in [0, 0.05) is 19.1 Å². The van der Waals surface area contributed by atoms with Gasteiger partial charge in [0.2, 0.25) is 0 Å². The van der Waals surface area contributed by atoms with E-state index in [1.807, 2.05) is 34.6 Å². The van der Waals surface area contributed by atoms with E-state index in [1.54, 1.807) is 0 Å². The molecule has 1 amide bonds. The molecule has 0 aromatic carbocycles. The molecule has 0 rings (SSSR count). The van der Waals surface area contributed by atoms with Crippen LogP contribution in [0.1, 0.15) is 34.6 Å². The number of rotatable bonds is 5. The first-order valence-electron chi connectivity index (χ1n) is 5.55. The highest BCUT2D eigenvalue weighted by Crippen LogP contribution is 2.06. The standard InChI is InChI=1S/C12H24N2O2/c1-9(2)7-13-8-10(3)14-11(15)16-12(4,5)6/h10,13H,1,7-8H2,2-6H3,(H,14,15)/t10-/m1/s1. The van der Waals surface area contributed by atoms with Crippen LogP contribution in [0.2, 0.25) is 0 Å². The topological polar surface area (TPSA) is 50.4 Å². The molecule has 4 nitrogen and oxygen atoms in total. The van der Waals surface area contributed by atoms with Gasteiger partial charge in [0.1, 0.15) is 5.60 Å². The summed E-state index contributed by atoms with van der Waals surface area (Å²) in [6, 6.07) is 0.0363. The Morgan fingerprint density at radius 3 is 2.44 bits per heavy atom. The Morgan fingerprint density at radius 2 is 2.00 bits per heavy atom. The molecule has 0 saturated carbocycles. The van der Waals surface area contributed by atoms with Crippen molar-refractivity contribution in [2.45, 2.75) is 46.3 Å². The van der Waals surface area contributed by atoms with Crippen LogP contribution in [0, 0.1) is 0 Å². The van der Waals surface area contributed by atoms with Crippen LogP contribution in [0.25, 0.3) is 0 Å². The molecule has 0 unspecified atom stereocenters. The van der Waals surface area contributed by atoms with Crippen LogP contribution < -0.4 is 10.6 Å². The fraction of sp³-hybridized carbons (Fsp3) is 0.750. The fourth-order valence-electron chi connectivity index (χ4n) is 1.06. The third kappa shape index (κ3) is 9.52. The molecule has 16 heavy (non-hydrogen) atoms. The van der Waals surface area contributed by atoms with Crippen LogP contribution in [0.15, 0.2) is 12.2 Å². The molecular weight excluding hydrogens is 204 g/mol. The molecule has 4 heteroatoms. The Labute approximate surface area is 98.4 Å². The Balaban J connectivity index is 3.74. The van der Waals surface area contributed by atoms with Crippen molar-refractivity contribution >= 4 is 6.09 Å². The zero-order valence-corrected chi connectivity index (χ0v) is 11.0. The van der Waals surface area contributed by atoms with Crippen LogP contribution in [-0.4, -0.2) is 30.8 Å². The van der Waals surface area contributed by atoms with Crippen molar-refractivity contribution in [3.05, 3.63) is 12.2 Å². The van der Waals surface area contributed by atoms with E-state index in [0.29, 0.717) is 6.54 Å². The minimum atomic E-state index is -0.449. The molecule has 0 saturated heterocycles. The molecular formula is C12H24N2O2. The number of ether oxygens (including phenoxy) is 1. The van der Waals surface area contributed by atoms with Crippen LogP contribution in [0.5, 0.6) is 0 Å². The van der Waals surface area contributed by atoms with Gasteiger partial charge >= 0.3 is 6.09 Å². The van der Waals surface area contributed by atoms with E-state index in [-0.39, 0.29) is 12.1 Å². The average molecular weight is 228 g/mol. The number of hydrogen-bond donors (Lipinski definition) is 2. The summed E-state index contributed by atoms with van der Waals surface area (Å²) in [4.78, 5) is 11.4. The molecule has 94 valence electrons. The number of alkyl carbamates (subject to hydrolysis) is 1. The number of amides is 1. The van der Waals surface area contributed by atoms with E-state index in [1.165, 1.54) is 0 Å². The lowest BCUT2D eigenvalue weighted by atomic mass is 10.2. The third-order valence-electron chi connectivity index (χ3n) is 1.64. The maximum Gasteiger partial charge on any atom is 0.407 e. The molecule has 0 aromatic heterocycles. The second-order valence-electron chi connectivity index (χ2n) is 5.14. The van der Waals surface area contributed by atoms with Crippen molar-refractivity contribution in [1.29, 1.82) is 0 Å². The largest absolute Gasteiger partial charge is 0.444 e. The molecule has 1 atom stereocenters. The van der Waals surface area contributed by atoms with Crippen LogP contribution in [0.3, 0.4) is 0 Å². The molecule has 0 heterocycles. The van der Waals surface area contributed by atoms with E-state index < -0.39 is 5.60 Å². The molecule has 0 aromatic rings. The summed E-state index contributed by atoms with van der Waals surface area (Å²) in [7, 11) is 0. The average Bonchev–Trinajstić information content (AvgIpc) is 1.98. The summed E-state index contributed by atoms with van der Waals surface area (Å²) in [6.07, 6.45) is -0.378. The van der Waals surface area contributed by atoms with E-state index in [0.717, 1.165) is 12.1 Å². The maximum absolute atomic E-state index is 11.4. The first kappa shape index (κ1) is 15.0. The minimum absolute atomic E-state index is 0.0363. The highest BCUT2D eigenvalue weighted by Gasteiger charge is 2.17. The van der Waals surface area contributed by atoms with Gasteiger partial charge in [-0.3, -0.25) is 0 Å². The lowest BCUT2D eigenvalue weighted by molar-refractivity contribution is 0.0508. The van der Waals surface area contributed by atoms with Gasteiger partial charge in [-0.05, 0) is 34.6 Å². The van der Waals surface area contributed by atoms with Crippen LogP contribution in [-0.2, 0) is 4.74 Å². The molecule has 0 aliphatic heterocycles. The molecule has 2 N–H and O–H groups in total. The van der Waals surface area contributed by atoms with Gasteiger partial charge in [0.05, 0.1) is 0 Å². The minimum Gasteiger partial charge on any atom is -0.444 e. The second kappa shape index (κ2) is 6.53. The zero-order valence-electron chi connectivity index (χ0n) is 11.0. The number of carbonyl (C=O) groups excluding carboxylic acids is 1. The zero-order chi connectivity index (χ0) is 12.8. The van der Waals surface area contributed by atoms with E-state index in [2.05, 4.69) is 17.2 Å². The van der Waals surface area contributed by atoms with Crippen LogP contribution in [0.4, 0.5) is 4.79 Å². The summed E-state index contributed by atoms with van der Waals surface area (Å²) in [5.41, 5.74) is 0.624. The molecule has 0 aliphatic carbocycles. The number of nitrogens with one attached hydrogen (secondary N) is 2. The fourth-order valence-corrected chi connectivity index (χ4v) is 1.06. The van der Waals surface area contributed by atoms with Crippen LogP contribution >= 0.6 is 0 Å². The van der Waals surface area contributed by atoms with Gasteiger partial charge in [-0.15, -0.1) is 0 Å². The lowest BCUT2D eigenvalue weighted by Gasteiger charge is -2.22. The van der Waals surface area contributed by atoms with E-state index in [4.69, 9.17) is 4.74 Å². The Morgan fingerprint density at radius 1 is 1.44 bits per heavy atom. The summed E-state index contributed by atoms with van der Waals surface area (Å²) in [6.45, 7) is 14.7. The highest BCUT2D eigenvalue weighted by atomic mass is 16.6. The number of carbonyl (C=O) groups is 1. The van der Waals surface area contributed by atoms with Crippen molar-refractivity contribution in [2.75, 3.05) is 13.1 Å². The van der Waals surface area contributed by atoms with Crippen molar-refractivity contribution in [2.24, 2.45) is 0 Å². The quantitative estimate of drug-likeness (QED) is 0.708. The monoisotopic (exact) mass is 228 g/mol. The van der Waals surface area contributed by atoms with Crippen molar-refractivity contribution < 1.29 is 9.53 Å². The Bertz CT molecular complexity index is 244. The first-order chi connectivity index (χ1) is 7.20. The van der Waals surface area contributed by atoms with Gasteiger partial charge < -0.3 is 15.4 Å². The SMILES string of the molecule is C=C(C)CNC[C@@H](C)NC(=O)OC(C)(C)C. The van der Waals surface area contributed by atoms with Crippen molar-refractivity contribution in [3.63, 3.8) is 0 Å².